The molecule has 0 radical (unpaired) electrons. The normalized spacial score (nSPS) is 10.8. The van der Waals surface area contributed by atoms with Crippen molar-refractivity contribution in [3.05, 3.63) is 84.2 Å². The SMILES string of the molecule is C.CCc1cccnc1-c1ccc2nc(-c3cccnc3N)n(-c3ccc(CO)cc3)c2n1. The summed E-state index contributed by atoms with van der Waals surface area (Å²) in [6.07, 6.45) is 4.31. The number of benzene rings is 1. The van der Waals surface area contributed by atoms with E-state index < -0.39 is 0 Å². The maximum Gasteiger partial charge on any atom is 0.165 e. The van der Waals surface area contributed by atoms with Gasteiger partial charge in [-0.05, 0) is 60.0 Å². The van der Waals surface area contributed by atoms with Crippen molar-refractivity contribution in [2.24, 2.45) is 0 Å². The van der Waals surface area contributed by atoms with E-state index in [-0.39, 0.29) is 14.0 Å². The Kier molecular flexibility index (Phi) is 6.15. The van der Waals surface area contributed by atoms with Crippen molar-refractivity contribution < 1.29 is 5.11 Å². The zero-order valence-electron chi connectivity index (χ0n) is 17.6. The summed E-state index contributed by atoms with van der Waals surface area (Å²) >= 11 is 0. The molecule has 5 aromatic rings. The van der Waals surface area contributed by atoms with Crippen molar-refractivity contribution in [1.82, 2.24) is 24.5 Å². The number of rotatable bonds is 5. The number of aliphatic hydroxyl groups excluding tert-OH is 1. The number of nitrogen functional groups attached to an aromatic ring is 1. The highest BCUT2D eigenvalue weighted by molar-refractivity contribution is 5.84. The fourth-order valence-corrected chi connectivity index (χ4v) is 3.83. The van der Waals surface area contributed by atoms with Crippen molar-refractivity contribution in [2.45, 2.75) is 27.4 Å². The van der Waals surface area contributed by atoms with Gasteiger partial charge < -0.3 is 10.8 Å². The molecule has 0 aliphatic rings. The van der Waals surface area contributed by atoms with Gasteiger partial charge in [-0.25, -0.2) is 15.0 Å². The molecule has 4 heterocycles. The van der Waals surface area contributed by atoms with Crippen LogP contribution in [0.25, 0.3) is 39.6 Å². The lowest BCUT2D eigenvalue weighted by Crippen LogP contribution is -2.02. The quantitative estimate of drug-likeness (QED) is 0.408. The first-order chi connectivity index (χ1) is 15.7. The van der Waals surface area contributed by atoms with Crippen molar-refractivity contribution in [1.29, 1.82) is 0 Å². The minimum atomic E-state index is -0.0186. The Hall–Kier alpha value is -4.10. The smallest absolute Gasteiger partial charge is 0.165 e. The summed E-state index contributed by atoms with van der Waals surface area (Å²) in [5, 5.41) is 9.45. The predicted octanol–water partition coefficient (Wildman–Crippen LogP) is 4.82. The van der Waals surface area contributed by atoms with E-state index >= 15 is 0 Å². The van der Waals surface area contributed by atoms with Gasteiger partial charge in [0.2, 0.25) is 0 Å². The molecule has 0 atom stereocenters. The molecule has 0 aliphatic carbocycles. The van der Waals surface area contributed by atoms with Crippen LogP contribution in [0.15, 0.2) is 73.1 Å². The Labute approximate surface area is 192 Å². The monoisotopic (exact) mass is 438 g/mol. The second-order valence-corrected chi connectivity index (χ2v) is 7.44. The fourth-order valence-electron chi connectivity index (χ4n) is 3.83. The summed E-state index contributed by atoms with van der Waals surface area (Å²) in [7, 11) is 0. The topological polar surface area (TPSA) is 103 Å². The number of hydrogen-bond donors (Lipinski definition) is 2. The molecule has 0 aliphatic heterocycles. The first-order valence-corrected chi connectivity index (χ1v) is 10.4. The van der Waals surface area contributed by atoms with Crippen LogP contribution in [-0.4, -0.2) is 29.6 Å². The van der Waals surface area contributed by atoms with Crippen LogP contribution >= 0.6 is 0 Å². The van der Waals surface area contributed by atoms with Gasteiger partial charge in [0.25, 0.3) is 0 Å². The Morgan fingerprint density at radius 1 is 0.909 bits per heavy atom. The van der Waals surface area contributed by atoms with Crippen LogP contribution in [0.4, 0.5) is 5.82 Å². The van der Waals surface area contributed by atoms with Crippen LogP contribution in [0, 0.1) is 0 Å². The third-order valence-electron chi connectivity index (χ3n) is 5.48. The second-order valence-electron chi connectivity index (χ2n) is 7.44. The lowest BCUT2D eigenvalue weighted by atomic mass is 10.1. The molecule has 0 bridgehead atoms. The van der Waals surface area contributed by atoms with Crippen molar-refractivity contribution in [2.75, 3.05) is 5.73 Å². The van der Waals surface area contributed by atoms with Gasteiger partial charge in [0, 0.05) is 18.1 Å². The molecule has 0 saturated carbocycles. The predicted molar refractivity (Wildman–Crippen MR) is 132 cm³/mol. The third kappa shape index (κ3) is 3.94. The largest absolute Gasteiger partial charge is 0.392 e. The molecule has 0 fully saturated rings. The number of imidazole rings is 1. The average molecular weight is 439 g/mol. The Morgan fingerprint density at radius 2 is 1.67 bits per heavy atom. The van der Waals surface area contributed by atoms with Crippen LogP contribution in [0.1, 0.15) is 25.5 Å². The van der Waals surface area contributed by atoms with Gasteiger partial charge in [0.15, 0.2) is 11.5 Å². The van der Waals surface area contributed by atoms with E-state index in [9.17, 15) is 5.11 Å². The standard InChI is InChI=1S/C25H22N6O.CH4/c1-2-17-5-3-13-27-22(17)20-11-12-21-25(29-20)31(18-9-7-16(15-32)8-10-18)24(30-21)19-6-4-14-28-23(19)26;/h3-14,32H,2,15H2,1H3,(H2,26,28);1H4. The van der Waals surface area contributed by atoms with E-state index in [0.29, 0.717) is 17.3 Å². The number of fused-ring (bicyclic) bond motifs is 1. The summed E-state index contributed by atoms with van der Waals surface area (Å²) in [6.45, 7) is 2.09. The molecule has 4 aromatic heterocycles. The van der Waals surface area contributed by atoms with Gasteiger partial charge >= 0.3 is 0 Å². The molecule has 7 heteroatoms. The van der Waals surface area contributed by atoms with Gasteiger partial charge in [-0.3, -0.25) is 9.55 Å². The Bertz CT molecular complexity index is 1410. The lowest BCUT2D eigenvalue weighted by molar-refractivity contribution is 0.282. The van der Waals surface area contributed by atoms with E-state index in [1.54, 1.807) is 12.4 Å². The second kappa shape index (κ2) is 9.18. The summed E-state index contributed by atoms with van der Waals surface area (Å²) in [6, 6.07) is 19.3. The van der Waals surface area contributed by atoms with E-state index in [4.69, 9.17) is 15.7 Å². The Balaban J connectivity index is 0.00000259. The number of aliphatic hydroxyl groups is 1. The number of pyridine rings is 3. The molecule has 166 valence electrons. The molecule has 1 aromatic carbocycles. The number of hydrogen-bond acceptors (Lipinski definition) is 6. The minimum Gasteiger partial charge on any atom is -0.392 e. The van der Waals surface area contributed by atoms with Crippen molar-refractivity contribution in [3.63, 3.8) is 0 Å². The fraction of sp³-hybridized carbons (Fsp3) is 0.154. The number of aromatic nitrogens is 5. The highest BCUT2D eigenvalue weighted by Gasteiger charge is 2.19. The van der Waals surface area contributed by atoms with Crippen LogP contribution in [-0.2, 0) is 13.0 Å². The van der Waals surface area contributed by atoms with E-state index in [0.717, 1.165) is 45.7 Å². The number of nitrogens with two attached hydrogens (primary N) is 1. The van der Waals surface area contributed by atoms with Crippen molar-refractivity contribution >= 4 is 17.0 Å². The highest BCUT2D eigenvalue weighted by Crippen LogP contribution is 2.32. The first kappa shape index (κ1) is 22.1. The number of anilines is 1. The molecule has 0 amide bonds. The number of nitrogens with zero attached hydrogens (tertiary/aromatic N) is 5. The molecule has 33 heavy (non-hydrogen) atoms. The van der Waals surface area contributed by atoms with Gasteiger partial charge in [0.1, 0.15) is 11.3 Å². The summed E-state index contributed by atoms with van der Waals surface area (Å²) in [4.78, 5) is 18.6. The third-order valence-corrected chi connectivity index (χ3v) is 5.48. The lowest BCUT2D eigenvalue weighted by Gasteiger charge is -2.11. The molecule has 0 spiro atoms. The molecule has 5 rings (SSSR count). The first-order valence-electron chi connectivity index (χ1n) is 10.4. The molecule has 0 unspecified atom stereocenters. The molecular weight excluding hydrogens is 412 g/mol. The highest BCUT2D eigenvalue weighted by atomic mass is 16.3. The average Bonchev–Trinajstić information content (AvgIpc) is 3.22. The summed E-state index contributed by atoms with van der Waals surface area (Å²) in [5.74, 6) is 1.05. The maximum atomic E-state index is 9.45. The van der Waals surface area contributed by atoms with E-state index in [2.05, 4.69) is 23.0 Å². The summed E-state index contributed by atoms with van der Waals surface area (Å²) in [5.41, 5.74) is 12.8. The van der Waals surface area contributed by atoms with Gasteiger partial charge in [-0.1, -0.05) is 32.5 Å². The van der Waals surface area contributed by atoms with Gasteiger partial charge in [-0.15, -0.1) is 0 Å². The zero-order valence-corrected chi connectivity index (χ0v) is 17.6. The number of aryl methyl sites for hydroxylation is 1. The summed E-state index contributed by atoms with van der Waals surface area (Å²) < 4.78 is 1.97. The minimum absolute atomic E-state index is 0. The van der Waals surface area contributed by atoms with Crippen LogP contribution in [0.5, 0.6) is 0 Å². The van der Waals surface area contributed by atoms with E-state index in [1.807, 2.05) is 59.2 Å². The van der Waals surface area contributed by atoms with E-state index in [1.165, 1.54) is 0 Å². The van der Waals surface area contributed by atoms with Gasteiger partial charge in [-0.2, -0.15) is 0 Å². The molecule has 7 nitrogen and oxygen atoms in total. The van der Waals surface area contributed by atoms with Crippen LogP contribution in [0.3, 0.4) is 0 Å². The van der Waals surface area contributed by atoms with Crippen LogP contribution < -0.4 is 5.73 Å². The Morgan fingerprint density at radius 3 is 2.39 bits per heavy atom. The van der Waals surface area contributed by atoms with Crippen LogP contribution in [0.2, 0.25) is 0 Å². The zero-order chi connectivity index (χ0) is 22.1. The molecule has 0 saturated heterocycles. The molecule has 3 N–H and O–H groups in total. The van der Waals surface area contributed by atoms with Crippen molar-refractivity contribution in [3.8, 4) is 28.5 Å². The van der Waals surface area contributed by atoms with Gasteiger partial charge in [0.05, 0.1) is 23.6 Å². The molecular formula is C26H26N6O. The maximum absolute atomic E-state index is 9.45.